The Balaban J connectivity index is 2.53. The quantitative estimate of drug-likeness (QED) is 0.675. The molecule has 19 heavy (non-hydrogen) atoms. The number of nitrogens with one attached hydrogen (secondary N) is 1. The minimum Gasteiger partial charge on any atom is -0.450 e. The second-order valence-corrected chi connectivity index (χ2v) is 5.83. The molecular formula is C9H12BrF2NO5S. The molecule has 0 radical (unpaired) electrons. The summed E-state index contributed by atoms with van der Waals surface area (Å²) in [7, 11) is -3.85. The van der Waals surface area contributed by atoms with Crippen LogP contribution in [0, 0.1) is 0 Å². The zero-order valence-corrected chi connectivity index (χ0v) is 12.0. The van der Waals surface area contributed by atoms with Gasteiger partial charge < -0.3 is 14.3 Å². The topological polar surface area (TPSA) is 88.8 Å². The molecule has 1 aromatic rings. The third kappa shape index (κ3) is 5.15. The highest BCUT2D eigenvalue weighted by molar-refractivity contribution is 9.10. The van der Waals surface area contributed by atoms with E-state index in [0.29, 0.717) is 0 Å². The Bertz CT molecular complexity index is 505. The smallest absolute Gasteiger partial charge is 0.261 e. The van der Waals surface area contributed by atoms with E-state index in [1.165, 1.54) is 0 Å². The van der Waals surface area contributed by atoms with E-state index in [9.17, 15) is 17.2 Å². The van der Waals surface area contributed by atoms with E-state index in [4.69, 9.17) is 9.52 Å². The number of aliphatic hydroxyl groups is 1. The van der Waals surface area contributed by atoms with Crippen molar-refractivity contribution in [1.29, 1.82) is 0 Å². The molecule has 0 saturated heterocycles. The lowest BCUT2D eigenvalue weighted by Crippen LogP contribution is -2.28. The summed E-state index contributed by atoms with van der Waals surface area (Å²) in [5, 5.41) is 8.82. The number of alkyl halides is 2. The standard InChI is InChI=1S/C9H12BrF2NO5S/c10-9-7(3-6(4-14)18-9)19(15,16)13-1-2-17-5-8(11)12/h3,8,13-14H,1-2,4-5H2. The van der Waals surface area contributed by atoms with E-state index in [1.54, 1.807) is 0 Å². The van der Waals surface area contributed by atoms with Crippen LogP contribution in [0.4, 0.5) is 8.78 Å². The lowest BCUT2D eigenvalue weighted by atomic mass is 10.5. The van der Waals surface area contributed by atoms with Gasteiger partial charge in [-0.3, -0.25) is 0 Å². The second kappa shape index (κ2) is 7.29. The fraction of sp³-hybridized carbons (Fsp3) is 0.556. The van der Waals surface area contributed by atoms with Crippen molar-refractivity contribution in [1.82, 2.24) is 4.72 Å². The van der Waals surface area contributed by atoms with Crippen molar-refractivity contribution in [2.45, 2.75) is 17.9 Å². The maximum atomic E-state index is 11.8. The van der Waals surface area contributed by atoms with Crippen molar-refractivity contribution in [3.8, 4) is 0 Å². The lowest BCUT2D eigenvalue weighted by Gasteiger charge is -2.05. The number of rotatable bonds is 8. The van der Waals surface area contributed by atoms with Crippen molar-refractivity contribution in [3.05, 3.63) is 16.5 Å². The molecule has 0 saturated carbocycles. The highest BCUT2D eigenvalue weighted by atomic mass is 79.9. The van der Waals surface area contributed by atoms with E-state index >= 15 is 0 Å². The maximum absolute atomic E-state index is 11.8. The van der Waals surface area contributed by atoms with Crippen molar-refractivity contribution >= 4 is 26.0 Å². The number of halogens is 3. The molecule has 0 bridgehead atoms. The van der Waals surface area contributed by atoms with Crippen LogP contribution in [0.1, 0.15) is 5.76 Å². The predicted octanol–water partition coefficient (Wildman–Crippen LogP) is 1.09. The van der Waals surface area contributed by atoms with Gasteiger partial charge in [0.25, 0.3) is 6.43 Å². The number of furan rings is 1. The summed E-state index contributed by atoms with van der Waals surface area (Å²) < 4.78 is 58.7. The van der Waals surface area contributed by atoms with Crippen LogP contribution >= 0.6 is 15.9 Å². The van der Waals surface area contributed by atoms with Gasteiger partial charge in [0.15, 0.2) is 4.67 Å². The van der Waals surface area contributed by atoms with Gasteiger partial charge in [-0.1, -0.05) is 0 Å². The van der Waals surface area contributed by atoms with Crippen LogP contribution in [-0.4, -0.2) is 39.7 Å². The first kappa shape index (κ1) is 16.5. The van der Waals surface area contributed by atoms with Gasteiger partial charge in [-0.2, -0.15) is 0 Å². The monoisotopic (exact) mass is 363 g/mol. The van der Waals surface area contributed by atoms with E-state index in [1.807, 2.05) is 0 Å². The molecule has 0 fully saturated rings. The van der Waals surface area contributed by atoms with Crippen LogP contribution in [0.5, 0.6) is 0 Å². The summed E-state index contributed by atoms with van der Waals surface area (Å²) in [5.41, 5.74) is 0. The molecule has 1 rings (SSSR count). The van der Waals surface area contributed by atoms with Crippen molar-refractivity contribution < 1.29 is 31.5 Å². The normalized spacial score (nSPS) is 12.3. The van der Waals surface area contributed by atoms with Crippen molar-refractivity contribution in [3.63, 3.8) is 0 Å². The number of aliphatic hydroxyl groups excluding tert-OH is 1. The summed E-state index contributed by atoms with van der Waals surface area (Å²) in [6.45, 7) is -1.51. The highest BCUT2D eigenvalue weighted by Gasteiger charge is 2.21. The molecule has 0 aliphatic rings. The summed E-state index contributed by atoms with van der Waals surface area (Å²) in [4.78, 5) is -0.176. The molecule has 2 N–H and O–H groups in total. The minimum atomic E-state index is -3.85. The number of hydrogen-bond acceptors (Lipinski definition) is 5. The first-order valence-electron chi connectivity index (χ1n) is 5.11. The van der Waals surface area contributed by atoms with Crippen LogP contribution < -0.4 is 4.72 Å². The molecule has 6 nitrogen and oxygen atoms in total. The molecule has 110 valence electrons. The van der Waals surface area contributed by atoms with Crippen molar-refractivity contribution in [2.75, 3.05) is 19.8 Å². The fourth-order valence-electron chi connectivity index (χ4n) is 1.16. The van der Waals surface area contributed by atoms with Crippen LogP contribution in [0.25, 0.3) is 0 Å². The van der Waals surface area contributed by atoms with Crippen LogP contribution in [-0.2, 0) is 21.4 Å². The number of ether oxygens (including phenoxy) is 1. The molecule has 0 aliphatic carbocycles. The SMILES string of the molecule is O=S(=O)(NCCOCC(F)F)c1cc(CO)oc1Br. The summed E-state index contributed by atoms with van der Waals surface area (Å²) >= 11 is 2.91. The molecule has 1 aromatic heterocycles. The van der Waals surface area contributed by atoms with E-state index in [2.05, 4.69) is 25.4 Å². The second-order valence-electron chi connectivity index (χ2n) is 3.37. The first-order valence-corrected chi connectivity index (χ1v) is 7.39. The van der Waals surface area contributed by atoms with Crippen molar-refractivity contribution in [2.24, 2.45) is 0 Å². The maximum Gasteiger partial charge on any atom is 0.261 e. The van der Waals surface area contributed by atoms with Gasteiger partial charge in [0, 0.05) is 12.6 Å². The summed E-state index contributed by atoms with van der Waals surface area (Å²) in [5.74, 6) is 0.0844. The molecule has 1 heterocycles. The molecule has 0 spiro atoms. The zero-order chi connectivity index (χ0) is 14.5. The van der Waals surface area contributed by atoms with Gasteiger partial charge in [0.1, 0.15) is 23.9 Å². The summed E-state index contributed by atoms with van der Waals surface area (Å²) in [6, 6.07) is 1.16. The van der Waals surface area contributed by atoms with Crippen LogP contribution in [0.2, 0.25) is 0 Å². The zero-order valence-electron chi connectivity index (χ0n) is 9.61. The van der Waals surface area contributed by atoms with Gasteiger partial charge in [0.05, 0.1) is 6.61 Å². The van der Waals surface area contributed by atoms with Gasteiger partial charge in [0.2, 0.25) is 10.0 Å². The Morgan fingerprint density at radius 3 is 2.74 bits per heavy atom. The Hall–Kier alpha value is -0.550. The molecular weight excluding hydrogens is 352 g/mol. The predicted molar refractivity (Wildman–Crippen MR) is 64.3 cm³/mol. The lowest BCUT2D eigenvalue weighted by molar-refractivity contribution is 0.0199. The van der Waals surface area contributed by atoms with Gasteiger partial charge in [-0.05, 0) is 15.9 Å². The van der Waals surface area contributed by atoms with E-state index in [-0.39, 0.29) is 28.5 Å². The Morgan fingerprint density at radius 1 is 1.53 bits per heavy atom. The van der Waals surface area contributed by atoms with E-state index in [0.717, 1.165) is 6.07 Å². The van der Waals surface area contributed by atoms with Gasteiger partial charge in [-0.15, -0.1) is 0 Å². The third-order valence-electron chi connectivity index (χ3n) is 1.93. The average molecular weight is 364 g/mol. The number of sulfonamides is 1. The first-order chi connectivity index (χ1) is 8.86. The van der Waals surface area contributed by atoms with Gasteiger partial charge >= 0.3 is 0 Å². The summed E-state index contributed by atoms with van der Waals surface area (Å²) in [6.07, 6.45) is -2.59. The minimum absolute atomic E-state index is 0.0439. The fourth-order valence-corrected chi connectivity index (χ4v) is 3.17. The molecule has 0 aliphatic heterocycles. The average Bonchev–Trinajstić information content (AvgIpc) is 2.70. The number of hydrogen-bond donors (Lipinski definition) is 2. The van der Waals surface area contributed by atoms with Gasteiger partial charge in [-0.25, -0.2) is 21.9 Å². The Morgan fingerprint density at radius 2 is 2.21 bits per heavy atom. The third-order valence-corrected chi connectivity index (χ3v) is 4.25. The molecule has 0 aromatic carbocycles. The molecule has 10 heteroatoms. The molecule has 0 unspecified atom stereocenters. The Labute approximate surface area is 116 Å². The van der Waals surface area contributed by atoms with E-state index < -0.39 is 29.7 Å². The highest BCUT2D eigenvalue weighted by Crippen LogP contribution is 2.25. The Kier molecular flexibility index (Phi) is 6.33. The molecule has 0 atom stereocenters. The molecule has 0 amide bonds. The van der Waals surface area contributed by atoms with Crippen LogP contribution in [0.15, 0.2) is 20.0 Å². The largest absolute Gasteiger partial charge is 0.450 e. The van der Waals surface area contributed by atoms with Crippen LogP contribution in [0.3, 0.4) is 0 Å².